The van der Waals surface area contributed by atoms with Crippen molar-refractivity contribution in [3.63, 3.8) is 0 Å². The second-order valence-corrected chi connectivity index (χ2v) is 3.31. The molecule has 1 N–H and O–H groups in total. The summed E-state index contributed by atoms with van der Waals surface area (Å²) in [5.41, 5.74) is 1.17. The summed E-state index contributed by atoms with van der Waals surface area (Å²) in [7, 11) is 1.65. The van der Waals surface area contributed by atoms with Gasteiger partial charge >= 0.3 is 0 Å². The first-order valence-electron chi connectivity index (χ1n) is 5.16. The van der Waals surface area contributed by atoms with Gasteiger partial charge in [0, 0.05) is 13.0 Å². The van der Waals surface area contributed by atoms with Gasteiger partial charge in [-0.05, 0) is 24.1 Å². The van der Waals surface area contributed by atoms with E-state index in [1.54, 1.807) is 7.11 Å². The van der Waals surface area contributed by atoms with Gasteiger partial charge in [-0.2, -0.15) is 0 Å². The number of benzene rings is 1. The molecule has 1 aromatic carbocycles. The maximum atomic E-state index is 11.0. The summed E-state index contributed by atoms with van der Waals surface area (Å²) in [5.74, 6) is 0.951. The first-order valence-corrected chi connectivity index (χ1v) is 5.16. The average Bonchev–Trinajstić information content (AvgIpc) is 2.29. The van der Waals surface area contributed by atoms with Gasteiger partial charge in [-0.15, -0.1) is 0 Å². The molecule has 0 saturated heterocycles. The van der Waals surface area contributed by atoms with E-state index in [1.165, 1.54) is 5.56 Å². The van der Waals surface area contributed by atoms with Crippen LogP contribution in [0.5, 0.6) is 5.75 Å². The van der Waals surface area contributed by atoms with Gasteiger partial charge in [0.05, 0.1) is 7.11 Å². The lowest BCUT2D eigenvalue weighted by Crippen LogP contribution is -2.24. The summed E-state index contributed by atoms with van der Waals surface area (Å²) in [5, 5.41) is 2.84. The number of hydrogen-bond donors (Lipinski definition) is 1. The van der Waals surface area contributed by atoms with Crippen LogP contribution in [-0.2, 0) is 11.2 Å². The third-order valence-corrected chi connectivity index (χ3v) is 2.19. The Kier molecular flexibility index (Phi) is 4.68. The summed E-state index contributed by atoms with van der Waals surface area (Å²) in [6.07, 6.45) is 1.38. The smallest absolute Gasteiger partial charge is 0.219 e. The molecular weight excluding hydrogens is 190 g/mol. The lowest BCUT2D eigenvalue weighted by atomic mass is 10.1. The third kappa shape index (κ3) is 4.02. The van der Waals surface area contributed by atoms with Crippen molar-refractivity contribution in [2.24, 2.45) is 0 Å². The molecule has 1 amide bonds. The highest BCUT2D eigenvalue weighted by Crippen LogP contribution is 2.12. The minimum Gasteiger partial charge on any atom is -0.497 e. The molecule has 0 bridgehead atoms. The Labute approximate surface area is 90.4 Å². The molecule has 82 valence electrons. The standard InChI is InChI=1S/C12H17NO2/c1-3-12(14)13-8-7-10-5-4-6-11(9-10)15-2/h4-6,9H,3,7-8H2,1-2H3,(H,13,14). The summed E-state index contributed by atoms with van der Waals surface area (Å²) in [6.45, 7) is 2.53. The lowest BCUT2D eigenvalue weighted by Gasteiger charge is -2.05. The quantitative estimate of drug-likeness (QED) is 0.799. The number of carbonyl (C=O) groups is 1. The molecule has 0 heterocycles. The van der Waals surface area contributed by atoms with Crippen molar-refractivity contribution in [2.45, 2.75) is 19.8 Å². The van der Waals surface area contributed by atoms with Crippen LogP contribution in [0.15, 0.2) is 24.3 Å². The Morgan fingerprint density at radius 2 is 2.27 bits per heavy atom. The van der Waals surface area contributed by atoms with Gasteiger partial charge in [0.15, 0.2) is 0 Å². The fourth-order valence-electron chi connectivity index (χ4n) is 1.30. The molecule has 1 rings (SSSR count). The highest BCUT2D eigenvalue weighted by Gasteiger charge is 1.98. The average molecular weight is 207 g/mol. The van der Waals surface area contributed by atoms with E-state index in [-0.39, 0.29) is 5.91 Å². The first-order chi connectivity index (χ1) is 7.26. The highest BCUT2D eigenvalue weighted by atomic mass is 16.5. The third-order valence-electron chi connectivity index (χ3n) is 2.19. The largest absolute Gasteiger partial charge is 0.497 e. The van der Waals surface area contributed by atoms with Crippen molar-refractivity contribution < 1.29 is 9.53 Å². The number of rotatable bonds is 5. The number of ether oxygens (including phenoxy) is 1. The molecule has 0 saturated carbocycles. The highest BCUT2D eigenvalue weighted by molar-refractivity contribution is 5.75. The molecule has 0 unspecified atom stereocenters. The molecule has 0 atom stereocenters. The Morgan fingerprint density at radius 3 is 2.93 bits per heavy atom. The summed E-state index contributed by atoms with van der Waals surface area (Å²) in [4.78, 5) is 11.0. The number of nitrogens with one attached hydrogen (secondary N) is 1. The van der Waals surface area contributed by atoms with E-state index in [0.29, 0.717) is 13.0 Å². The molecule has 0 aromatic heterocycles. The minimum atomic E-state index is 0.0953. The zero-order valence-corrected chi connectivity index (χ0v) is 9.25. The van der Waals surface area contributed by atoms with Crippen LogP contribution in [0.4, 0.5) is 0 Å². The van der Waals surface area contributed by atoms with Crippen LogP contribution in [0.25, 0.3) is 0 Å². The predicted molar refractivity (Wildman–Crippen MR) is 60.0 cm³/mol. The zero-order valence-electron chi connectivity index (χ0n) is 9.25. The van der Waals surface area contributed by atoms with Crippen molar-refractivity contribution in [3.05, 3.63) is 29.8 Å². The minimum absolute atomic E-state index is 0.0953. The van der Waals surface area contributed by atoms with Gasteiger partial charge < -0.3 is 10.1 Å². The summed E-state index contributed by atoms with van der Waals surface area (Å²) < 4.78 is 5.12. The van der Waals surface area contributed by atoms with Crippen molar-refractivity contribution >= 4 is 5.91 Å². The fourth-order valence-corrected chi connectivity index (χ4v) is 1.30. The Bertz CT molecular complexity index is 323. The number of methoxy groups -OCH3 is 1. The molecule has 3 heteroatoms. The molecular formula is C12H17NO2. The van der Waals surface area contributed by atoms with E-state index in [2.05, 4.69) is 5.32 Å². The lowest BCUT2D eigenvalue weighted by molar-refractivity contribution is -0.120. The number of amides is 1. The van der Waals surface area contributed by atoms with E-state index < -0.39 is 0 Å². The van der Waals surface area contributed by atoms with Crippen LogP contribution in [-0.4, -0.2) is 19.6 Å². The van der Waals surface area contributed by atoms with Gasteiger partial charge in [-0.3, -0.25) is 4.79 Å². The maximum Gasteiger partial charge on any atom is 0.219 e. The SMILES string of the molecule is CCC(=O)NCCc1cccc(OC)c1. The van der Waals surface area contributed by atoms with Gasteiger partial charge in [0.1, 0.15) is 5.75 Å². The van der Waals surface area contributed by atoms with Crippen LogP contribution >= 0.6 is 0 Å². The molecule has 15 heavy (non-hydrogen) atoms. The van der Waals surface area contributed by atoms with Crippen molar-refractivity contribution in [1.29, 1.82) is 0 Å². The molecule has 0 aliphatic rings. The molecule has 3 nitrogen and oxygen atoms in total. The number of carbonyl (C=O) groups excluding carboxylic acids is 1. The van der Waals surface area contributed by atoms with E-state index in [1.807, 2.05) is 31.2 Å². The van der Waals surface area contributed by atoms with Gasteiger partial charge in [-0.1, -0.05) is 19.1 Å². The van der Waals surface area contributed by atoms with Gasteiger partial charge in [0.2, 0.25) is 5.91 Å². The topological polar surface area (TPSA) is 38.3 Å². The first kappa shape index (κ1) is 11.6. The Balaban J connectivity index is 2.40. The van der Waals surface area contributed by atoms with Crippen molar-refractivity contribution in [3.8, 4) is 5.75 Å². The zero-order chi connectivity index (χ0) is 11.1. The van der Waals surface area contributed by atoms with E-state index in [0.717, 1.165) is 12.2 Å². The van der Waals surface area contributed by atoms with Crippen molar-refractivity contribution in [1.82, 2.24) is 5.32 Å². The molecule has 0 radical (unpaired) electrons. The number of hydrogen-bond acceptors (Lipinski definition) is 2. The summed E-state index contributed by atoms with van der Waals surface area (Å²) in [6, 6.07) is 7.88. The van der Waals surface area contributed by atoms with Crippen LogP contribution in [0.2, 0.25) is 0 Å². The normalized spacial score (nSPS) is 9.73. The van der Waals surface area contributed by atoms with E-state index in [9.17, 15) is 4.79 Å². The fraction of sp³-hybridized carbons (Fsp3) is 0.417. The van der Waals surface area contributed by atoms with E-state index >= 15 is 0 Å². The van der Waals surface area contributed by atoms with E-state index in [4.69, 9.17) is 4.74 Å². The van der Waals surface area contributed by atoms with Crippen LogP contribution in [0.1, 0.15) is 18.9 Å². The van der Waals surface area contributed by atoms with Gasteiger partial charge in [0.25, 0.3) is 0 Å². The Morgan fingerprint density at radius 1 is 1.47 bits per heavy atom. The molecule has 0 aliphatic heterocycles. The second-order valence-electron chi connectivity index (χ2n) is 3.31. The maximum absolute atomic E-state index is 11.0. The van der Waals surface area contributed by atoms with Crippen molar-refractivity contribution in [2.75, 3.05) is 13.7 Å². The molecule has 0 spiro atoms. The Hall–Kier alpha value is -1.51. The summed E-state index contributed by atoms with van der Waals surface area (Å²) >= 11 is 0. The van der Waals surface area contributed by atoms with Crippen LogP contribution in [0, 0.1) is 0 Å². The monoisotopic (exact) mass is 207 g/mol. The van der Waals surface area contributed by atoms with Crippen LogP contribution in [0.3, 0.4) is 0 Å². The second kappa shape index (κ2) is 6.06. The molecule has 0 fully saturated rings. The van der Waals surface area contributed by atoms with Crippen LogP contribution < -0.4 is 10.1 Å². The molecule has 1 aromatic rings. The van der Waals surface area contributed by atoms with Gasteiger partial charge in [-0.25, -0.2) is 0 Å². The molecule has 0 aliphatic carbocycles. The predicted octanol–water partition coefficient (Wildman–Crippen LogP) is 1.76.